The number of hydrogen-bond donors (Lipinski definition) is 1. The van der Waals surface area contributed by atoms with Gasteiger partial charge in [-0.15, -0.1) is 0 Å². The van der Waals surface area contributed by atoms with Crippen molar-refractivity contribution in [1.82, 2.24) is 15.0 Å². The van der Waals surface area contributed by atoms with Gasteiger partial charge in [0.25, 0.3) is 0 Å². The molecule has 0 spiro atoms. The van der Waals surface area contributed by atoms with E-state index in [4.69, 9.17) is 16.3 Å². The molecule has 0 aromatic carbocycles. The Labute approximate surface area is 123 Å². The predicted octanol–water partition coefficient (Wildman–Crippen LogP) is 2.11. The number of nitrogens with zero attached hydrogens (tertiary/aromatic N) is 4. The van der Waals surface area contributed by atoms with E-state index in [0.29, 0.717) is 31.2 Å². The largest absolute Gasteiger partial charge is 0.378 e. The zero-order valence-corrected chi connectivity index (χ0v) is 12.3. The molecule has 1 saturated carbocycles. The maximum atomic E-state index is 6.03. The summed E-state index contributed by atoms with van der Waals surface area (Å²) in [5.74, 6) is 1.24. The normalized spacial score (nSPS) is 20.9. The van der Waals surface area contributed by atoms with E-state index >= 15 is 0 Å². The van der Waals surface area contributed by atoms with Crippen molar-refractivity contribution < 1.29 is 4.74 Å². The number of hydrogen-bond acceptors (Lipinski definition) is 6. The molecule has 1 N–H and O–H groups in total. The molecule has 110 valence electrons. The molecule has 1 saturated heterocycles. The molecule has 1 aromatic rings. The monoisotopic (exact) mass is 297 g/mol. The highest BCUT2D eigenvalue weighted by Crippen LogP contribution is 2.21. The van der Waals surface area contributed by atoms with Crippen LogP contribution in [0.4, 0.5) is 11.9 Å². The molecule has 1 aromatic heterocycles. The van der Waals surface area contributed by atoms with E-state index in [1.165, 1.54) is 32.1 Å². The van der Waals surface area contributed by atoms with Gasteiger partial charge in [0.1, 0.15) is 0 Å². The third-order valence-corrected chi connectivity index (χ3v) is 4.00. The average molecular weight is 298 g/mol. The molecule has 0 amide bonds. The Hall–Kier alpha value is -1.14. The third-order valence-electron chi connectivity index (χ3n) is 3.83. The summed E-state index contributed by atoms with van der Waals surface area (Å²) < 4.78 is 5.34. The fraction of sp³-hybridized carbons (Fsp3) is 0.769. The van der Waals surface area contributed by atoms with Crippen molar-refractivity contribution in [1.29, 1.82) is 0 Å². The smallest absolute Gasteiger partial charge is 0.231 e. The number of halogens is 1. The van der Waals surface area contributed by atoms with Crippen LogP contribution in [0.5, 0.6) is 0 Å². The SMILES string of the molecule is Clc1nc(NC2CCCCC2)nc(N2CCOCC2)n1. The van der Waals surface area contributed by atoms with Crippen LogP contribution in [0.3, 0.4) is 0 Å². The van der Waals surface area contributed by atoms with E-state index in [2.05, 4.69) is 25.2 Å². The second-order valence-corrected chi connectivity index (χ2v) is 5.64. The minimum Gasteiger partial charge on any atom is -0.378 e. The molecule has 0 atom stereocenters. The number of rotatable bonds is 3. The van der Waals surface area contributed by atoms with Gasteiger partial charge in [-0.25, -0.2) is 0 Å². The molecular weight excluding hydrogens is 278 g/mol. The van der Waals surface area contributed by atoms with Crippen molar-refractivity contribution in [3.8, 4) is 0 Å². The standard InChI is InChI=1S/C13H20ClN5O/c14-11-16-12(15-10-4-2-1-3-5-10)18-13(17-11)19-6-8-20-9-7-19/h10H,1-9H2,(H,15,16,17,18). The van der Waals surface area contributed by atoms with E-state index in [9.17, 15) is 0 Å². The molecule has 2 fully saturated rings. The van der Waals surface area contributed by atoms with Crippen LogP contribution in [0, 0.1) is 0 Å². The van der Waals surface area contributed by atoms with Crippen LogP contribution in [-0.2, 0) is 4.74 Å². The van der Waals surface area contributed by atoms with Gasteiger partial charge in [0.15, 0.2) is 0 Å². The molecule has 0 radical (unpaired) electrons. The molecule has 7 heteroatoms. The van der Waals surface area contributed by atoms with Crippen molar-refractivity contribution in [3.63, 3.8) is 0 Å². The lowest BCUT2D eigenvalue weighted by Crippen LogP contribution is -2.37. The molecule has 6 nitrogen and oxygen atoms in total. The summed E-state index contributed by atoms with van der Waals surface area (Å²) >= 11 is 6.03. The first-order chi connectivity index (χ1) is 9.81. The summed E-state index contributed by atoms with van der Waals surface area (Å²) in [5, 5.41) is 3.65. The van der Waals surface area contributed by atoms with Gasteiger partial charge in [-0.1, -0.05) is 19.3 Å². The van der Waals surface area contributed by atoms with Crippen molar-refractivity contribution in [2.45, 2.75) is 38.1 Å². The Morgan fingerprint density at radius 2 is 1.80 bits per heavy atom. The molecule has 1 aliphatic carbocycles. The third kappa shape index (κ3) is 3.49. The fourth-order valence-corrected chi connectivity index (χ4v) is 2.89. The minimum atomic E-state index is 0.250. The molecule has 0 unspecified atom stereocenters. The first kappa shape index (κ1) is 13.8. The number of aromatic nitrogens is 3. The summed E-state index contributed by atoms with van der Waals surface area (Å²) in [6.07, 6.45) is 6.22. The molecular formula is C13H20ClN5O. The highest BCUT2D eigenvalue weighted by molar-refractivity contribution is 6.28. The molecule has 2 aliphatic rings. The summed E-state index contributed by atoms with van der Waals surface area (Å²) in [7, 11) is 0. The molecule has 2 heterocycles. The van der Waals surface area contributed by atoms with Gasteiger partial charge in [-0.3, -0.25) is 0 Å². The van der Waals surface area contributed by atoms with Crippen molar-refractivity contribution in [2.75, 3.05) is 36.5 Å². The summed E-state index contributed by atoms with van der Waals surface area (Å²) in [5.41, 5.74) is 0. The number of nitrogens with one attached hydrogen (secondary N) is 1. The second kappa shape index (κ2) is 6.54. The average Bonchev–Trinajstić information content (AvgIpc) is 2.49. The Bertz CT molecular complexity index is 446. The Morgan fingerprint density at radius 3 is 2.55 bits per heavy atom. The second-order valence-electron chi connectivity index (χ2n) is 5.31. The van der Waals surface area contributed by atoms with Gasteiger partial charge in [0.05, 0.1) is 13.2 Å². The van der Waals surface area contributed by atoms with E-state index in [0.717, 1.165) is 13.1 Å². The summed E-state index contributed by atoms with van der Waals surface area (Å²) in [6, 6.07) is 0.458. The number of ether oxygens (including phenoxy) is 1. The van der Waals surface area contributed by atoms with E-state index < -0.39 is 0 Å². The Kier molecular flexibility index (Phi) is 4.52. The van der Waals surface area contributed by atoms with E-state index in [1.54, 1.807) is 0 Å². The minimum absolute atomic E-state index is 0.250. The highest BCUT2D eigenvalue weighted by Gasteiger charge is 2.18. The van der Waals surface area contributed by atoms with Crippen molar-refractivity contribution >= 4 is 23.5 Å². The lowest BCUT2D eigenvalue weighted by atomic mass is 9.96. The molecule has 1 aliphatic heterocycles. The first-order valence-corrected chi connectivity index (χ1v) is 7.70. The zero-order chi connectivity index (χ0) is 13.8. The lowest BCUT2D eigenvalue weighted by Gasteiger charge is -2.27. The quantitative estimate of drug-likeness (QED) is 0.922. The van der Waals surface area contributed by atoms with Crippen molar-refractivity contribution in [2.24, 2.45) is 0 Å². The van der Waals surface area contributed by atoms with Crippen molar-refractivity contribution in [3.05, 3.63) is 5.28 Å². The molecule has 20 heavy (non-hydrogen) atoms. The van der Waals surface area contributed by atoms with Gasteiger partial charge in [-0.2, -0.15) is 15.0 Å². The summed E-state index contributed by atoms with van der Waals surface area (Å²) in [6.45, 7) is 3.00. The van der Waals surface area contributed by atoms with Crippen LogP contribution in [0.1, 0.15) is 32.1 Å². The van der Waals surface area contributed by atoms with Crippen LogP contribution in [-0.4, -0.2) is 47.3 Å². The topological polar surface area (TPSA) is 63.2 Å². The molecule has 0 bridgehead atoms. The van der Waals surface area contributed by atoms with E-state index in [-0.39, 0.29) is 5.28 Å². The number of morpholine rings is 1. The fourth-order valence-electron chi connectivity index (χ4n) is 2.74. The van der Waals surface area contributed by atoms with Crippen LogP contribution in [0.15, 0.2) is 0 Å². The predicted molar refractivity (Wildman–Crippen MR) is 78.4 cm³/mol. The zero-order valence-electron chi connectivity index (χ0n) is 11.5. The van der Waals surface area contributed by atoms with Gasteiger partial charge in [0.2, 0.25) is 17.2 Å². The Balaban J connectivity index is 1.71. The Morgan fingerprint density at radius 1 is 1.05 bits per heavy atom. The first-order valence-electron chi connectivity index (χ1n) is 7.32. The highest BCUT2D eigenvalue weighted by atomic mass is 35.5. The van der Waals surface area contributed by atoms with Crippen LogP contribution < -0.4 is 10.2 Å². The van der Waals surface area contributed by atoms with Gasteiger partial charge in [0, 0.05) is 19.1 Å². The van der Waals surface area contributed by atoms with Crippen LogP contribution >= 0.6 is 11.6 Å². The van der Waals surface area contributed by atoms with Gasteiger partial charge in [-0.05, 0) is 24.4 Å². The molecule has 3 rings (SSSR count). The van der Waals surface area contributed by atoms with E-state index in [1.807, 2.05) is 0 Å². The maximum Gasteiger partial charge on any atom is 0.231 e. The van der Waals surface area contributed by atoms with Crippen LogP contribution in [0.25, 0.3) is 0 Å². The number of anilines is 2. The van der Waals surface area contributed by atoms with Gasteiger partial charge < -0.3 is 15.0 Å². The maximum absolute atomic E-state index is 6.03. The lowest BCUT2D eigenvalue weighted by molar-refractivity contribution is 0.122. The van der Waals surface area contributed by atoms with Crippen LogP contribution in [0.2, 0.25) is 5.28 Å². The van der Waals surface area contributed by atoms with Gasteiger partial charge >= 0.3 is 0 Å². The summed E-state index contributed by atoms with van der Waals surface area (Å²) in [4.78, 5) is 15.0.